The van der Waals surface area contributed by atoms with Gasteiger partial charge in [-0.25, -0.2) is 0 Å². The molecule has 3 atom stereocenters. The van der Waals surface area contributed by atoms with Gasteiger partial charge in [0, 0.05) is 17.6 Å². The van der Waals surface area contributed by atoms with E-state index in [4.69, 9.17) is 0 Å². The van der Waals surface area contributed by atoms with Crippen LogP contribution in [0, 0.1) is 5.92 Å². The van der Waals surface area contributed by atoms with Crippen LogP contribution in [0.3, 0.4) is 0 Å². The van der Waals surface area contributed by atoms with E-state index in [9.17, 15) is 0 Å². The molecule has 2 aliphatic rings. The zero-order chi connectivity index (χ0) is 9.64. The van der Waals surface area contributed by atoms with E-state index in [1.54, 1.807) is 0 Å². The zero-order valence-electron chi connectivity index (χ0n) is 9.51. The van der Waals surface area contributed by atoms with Crippen LogP contribution >= 0.6 is 0 Å². The summed E-state index contributed by atoms with van der Waals surface area (Å²) >= 11 is 0. The first-order valence-corrected chi connectivity index (χ1v) is 5.78. The van der Waals surface area contributed by atoms with Crippen molar-refractivity contribution < 1.29 is 0 Å². The maximum Gasteiger partial charge on any atom is 0.0131 e. The fourth-order valence-corrected chi connectivity index (χ4v) is 3.53. The monoisotopic (exact) mass is 181 g/mol. The Bertz CT molecular complexity index is 192. The van der Waals surface area contributed by atoms with E-state index in [0.29, 0.717) is 5.54 Å². The third-order valence-electron chi connectivity index (χ3n) is 3.86. The first kappa shape index (κ1) is 9.51. The molecule has 0 amide bonds. The van der Waals surface area contributed by atoms with Gasteiger partial charge in [0.15, 0.2) is 0 Å². The van der Waals surface area contributed by atoms with Crippen molar-refractivity contribution >= 4 is 0 Å². The number of piperidine rings is 1. The number of hydrogen-bond acceptors (Lipinski definition) is 1. The van der Waals surface area contributed by atoms with E-state index in [1.807, 2.05) is 0 Å². The van der Waals surface area contributed by atoms with Gasteiger partial charge in [0.25, 0.3) is 0 Å². The molecule has 1 nitrogen and oxygen atoms in total. The summed E-state index contributed by atoms with van der Waals surface area (Å²) in [6.45, 7) is 9.55. The second kappa shape index (κ2) is 2.98. The van der Waals surface area contributed by atoms with Crippen molar-refractivity contribution in [2.45, 2.75) is 71.0 Å². The second-order valence-corrected chi connectivity index (χ2v) is 5.94. The van der Waals surface area contributed by atoms with Gasteiger partial charge in [-0.2, -0.15) is 0 Å². The lowest BCUT2D eigenvalue weighted by Crippen LogP contribution is -2.51. The lowest BCUT2D eigenvalue weighted by molar-refractivity contribution is 0.0374. The summed E-state index contributed by atoms with van der Waals surface area (Å²) in [7, 11) is 0. The Hall–Kier alpha value is -0.0400. The van der Waals surface area contributed by atoms with Crippen molar-refractivity contribution in [2.24, 2.45) is 5.92 Å². The zero-order valence-corrected chi connectivity index (χ0v) is 9.51. The maximum atomic E-state index is 2.79. The van der Waals surface area contributed by atoms with Crippen molar-refractivity contribution in [2.75, 3.05) is 0 Å². The molecule has 13 heavy (non-hydrogen) atoms. The fourth-order valence-electron chi connectivity index (χ4n) is 3.53. The van der Waals surface area contributed by atoms with Crippen molar-refractivity contribution in [3.8, 4) is 0 Å². The van der Waals surface area contributed by atoms with Gasteiger partial charge in [0.1, 0.15) is 0 Å². The van der Waals surface area contributed by atoms with Gasteiger partial charge >= 0.3 is 0 Å². The summed E-state index contributed by atoms with van der Waals surface area (Å²) in [5.41, 5.74) is 0.389. The first-order valence-electron chi connectivity index (χ1n) is 5.78. The van der Waals surface area contributed by atoms with Crippen molar-refractivity contribution in [1.82, 2.24) is 4.90 Å². The molecular weight excluding hydrogens is 158 g/mol. The van der Waals surface area contributed by atoms with Gasteiger partial charge in [-0.05, 0) is 46.0 Å². The molecule has 2 heterocycles. The van der Waals surface area contributed by atoms with Gasteiger partial charge in [0.2, 0.25) is 0 Å². The first-order chi connectivity index (χ1) is 6.00. The standard InChI is InChI=1S/C12H23N/c1-9-8-10-6-5-7-11(9)13(10)12(2,3)4/h9-11H,5-8H2,1-4H3. The molecule has 2 rings (SSSR count). The molecule has 2 fully saturated rings. The van der Waals surface area contributed by atoms with Crippen LogP contribution in [0.15, 0.2) is 0 Å². The van der Waals surface area contributed by atoms with Gasteiger partial charge in [-0.15, -0.1) is 0 Å². The third kappa shape index (κ3) is 1.52. The summed E-state index contributed by atoms with van der Waals surface area (Å²) in [6.07, 6.45) is 5.79. The highest BCUT2D eigenvalue weighted by Crippen LogP contribution is 2.43. The van der Waals surface area contributed by atoms with Crippen molar-refractivity contribution in [3.63, 3.8) is 0 Å². The second-order valence-electron chi connectivity index (χ2n) is 5.94. The van der Waals surface area contributed by atoms with Crippen LogP contribution in [0.5, 0.6) is 0 Å². The van der Waals surface area contributed by atoms with Crippen LogP contribution in [-0.4, -0.2) is 22.5 Å². The normalized spacial score (nSPS) is 41.1. The Morgan fingerprint density at radius 2 is 1.85 bits per heavy atom. The van der Waals surface area contributed by atoms with Crippen LogP contribution in [0.4, 0.5) is 0 Å². The Balaban J connectivity index is 2.20. The highest BCUT2D eigenvalue weighted by Gasteiger charge is 2.45. The van der Waals surface area contributed by atoms with Gasteiger partial charge < -0.3 is 0 Å². The Morgan fingerprint density at radius 1 is 1.15 bits per heavy atom. The smallest absolute Gasteiger partial charge is 0.0131 e. The SMILES string of the molecule is CC1CC2CCCC1N2C(C)(C)C. The van der Waals surface area contributed by atoms with E-state index < -0.39 is 0 Å². The minimum absolute atomic E-state index is 0.389. The van der Waals surface area contributed by atoms with Gasteiger partial charge in [-0.3, -0.25) is 4.90 Å². The molecule has 0 aliphatic carbocycles. The summed E-state index contributed by atoms with van der Waals surface area (Å²) in [4.78, 5) is 2.79. The van der Waals surface area contributed by atoms with Crippen molar-refractivity contribution in [1.29, 1.82) is 0 Å². The molecule has 2 bridgehead atoms. The average molecular weight is 181 g/mol. The topological polar surface area (TPSA) is 3.24 Å². The van der Waals surface area contributed by atoms with E-state index in [2.05, 4.69) is 32.6 Å². The quantitative estimate of drug-likeness (QED) is 0.555. The van der Waals surface area contributed by atoms with Crippen LogP contribution in [0.25, 0.3) is 0 Å². The minimum Gasteiger partial charge on any atom is -0.292 e. The number of rotatable bonds is 0. The lowest BCUT2D eigenvalue weighted by Gasteiger charge is -2.45. The van der Waals surface area contributed by atoms with Gasteiger partial charge in [-0.1, -0.05) is 13.3 Å². The Kier molecular flexibility index (Phi) is 2.18. The summed E-state index contributed by atoms with van der Waals surface area (Å²) < 4.78 is 0. The molecule has 2 aliphatic heterocycles. The molecule has 0 radical (unpaired) electrons. The van der Waals surface area contributed by atoms with Crippen LogP contribution < -0.4 is 0 Å². The molecule has 0 aromatic carbocycles. The Morgan fingerprint density at radius 3 is 2.31 bits per heavy atom. The minimum atomic E-state index is 0.389. The van der Waals surface area contributed by atoms with Crippen LogP contribution in [-0.2, 0) is 0 Å². The molecule has 0 aromatic rings. The summed E-state index contributed by atoms with van der Waals surface area (Å²) in [5, 5.41) is 0. The highest BCUT2D eigenvalue weighted by molar-refractivity contribution is 5.00. The summed E-state index contributed by atoms with van der Waals surface area (Å²) in [6, 6.07) is 1.78. The average Bonchev–Trinajstić information content (AvgIpc) is 2.20. The van der Waals surface area contributed by atoms with Crippen molar-refractivity contribution in [3.05, 3.63) is 0 Å². The van der Waals surface area contributed by atoms with E-state index in [-0.39, 0.29) is 0 Å². The highest BCUT2D eigenvalue weighted by atomic mass is 15.3. The molecule has 2 saturated heterocycles. The van der Waals surface area contributed by atoms with Crippen LogP contribution in [0.1, 0.15) is 53.4 Å². The van der Waals surface area contributed by atoms with Gasteiger partial charge in [0.05, 0.1) is 0 Å². The molecule has 0 aromatic heterocycles. The van der Waals surface area contributed by atoms with E-state index in [1.165, 1.54) is 25.7 Å². The maximum absolute atomic E-state index is 2.79. The number of nitrogens with zero attached hydrogens (tertiary/aromatic N) is 1. The number of hydrogen-bond donors (Lipinski definition) is 0. The molecule has 3 unspecified atom stereocenters. The lowest BCUT2D eigenvalue weighted by atomic mass is 9.93. The van der Waals surface area contributed by atoms with E-state index in [0.717, 1.165) is 18.0 Å². The predicted molar refractivity (Wildman–Crippen MR) is 56.8 cm³/mol. The fraction of sp³-hybridized carbons (Fsp3) is 1.00. The molecular formula is C12H23N. The molecule has 0 N–H and O–H groups in total. The molecule has 1 heteroatoms. The van der Waals surface area contributed by atoms with Crippen LogP contribution in [0.2, 0.25) is 0 Å². The number of fused-ring (bicyclic) bond motifs is 2. The predicted octanol–water partition coefficient (Wildman–Crippen LogP) is 3.05. The van der Waals surface area contributed by atoms with E-state index >= 15 is 0 Å². The molecule has 0 saturated carbocycles. The molecule has 0 spiro atoms. The Labute approximate surface area is 82.5 Å². The molecule has 76 valence electrons. The largest absolute Gasteiger partial charge is 0.292 e. The third-order valence-corrected chi connectivity index (χ3v) is 3.86. The summed E-state index contributed by atoms with van der Waals surface area (Å²) in [5.74, 6) is 0.937.